The number of hydrogen-bond donors (Lipinski definition) is 1. The van der Waals surface area contributed by atoms with Crippen LogP contribution in [0.1, 0.15) is 22.9 Å². The second-order valence-electron chi connectivity index (χ2n) is 4.19. The number of aromatic nitrogens is 3. The van der Waals surface area contributed by atoms with E-state index in [1.807, 2.05) is 0 Å². The van der Waals surface area contributed by atoms with E-state index in [0.717, 1.165) is 12.8 Å². The van der Waals surface area contributed by atoms with Gasteiger partial charge in [-0.15, -0.1) is 0 Å². The van der Waals surface area contributed by atoms with Crippen molar-refractivity contribution in [1.29, 1.82) is 0 Å². The molecule has 1 heterocycles. The normalized spacial score (nSPS) is 14.9. The fourth-order valence-corrected chi connectivity index (χ4v) is 2.48. The van der Waals surface area contributed by atoms with Gasteiger partial charge in [0.1, 0.15) is 5.82 Å². The molecule has 0 amide bonds. The Morgan fingerprint density at radius 1 is 1.06 bits per heavy atom. The van der Waals surface area contributed by atoms with Crippen LogP contribution in [0, 0.1) is 0 Å². The zero-order valence-corrected chi connectivity index (χ0v) is 9.85. The van der Waals surface area contributed by atoms with Gasteiger partial charge in [0, 0.05) is 5.92 Å². The zero-order chi connectivity index (χ0) is 11.8. The molecule has 2 N–H and O–H groups in total. The van der Waals surface area contributed by atoms with Gasteiger partial charge >= 0.3 is 0 Å². The van der Waals surface area contributed by atoms with Crippen molar-refractivity contribution in [3.05, 3.63) is 46.5 Å². The minimum Gasteiger partial charge on any atom is -0.368 e. The van der Waals surface area contributed by atoms with Crippen LogP contribution in [0.2, 0.25) is 5.28 Å². The predicted octanol–water partition coefficient (Wildman–Crippen LogP) is 1.99. The number of nitrogen functional groups attached to an aromatic ring is 1. The Labute approximate surface area is 104 Å². The maximum atomic E-state index is 5.80. The number of nitrogens with two attached hydrogens (primary N) is 1. The van der Waals surface area contributed by atoms with Crippen LogP contribution in [0.25, 0.3) is 0 Å². The van der Waals surface area contributed by atoms with E-state index in [2.05, 4.69) is 39.2 Å². The molecular weight excluding hydrogens is 236 g/mol. The molecule has 3 rings (SSSR count). The standard InChI is InChI=1S/C12H11ClN4/c13-11-15-10(16-12(14)17-11)9-5-7-3-1-2-4-8(7)6-9/h1-4,9H,5-6H2,(H2,14,15,16,17). The van der Waals surface area contributed by atoms with Crippen LogP contribution in [0.3, 0.4) is 0 Å². The number of rotatable bonds is 1. The van der Waals surface area contributed by atoms with Crippen LogP contribution in [0.4, 0.5) is 5.95 Å². The molecule has 4 nitrogen and oxygen atoms in total. The second-order valence-corrected chi connectivity index (χ2v) is 4.53. The van der Waals surface area contributed by atoms with E-state index in [0.29, 0.717) is 5.82 Å². The lowest BCUT2D eigenvalue weighted by atomic mass is 10.1. The van der Waals surface area contributed by atoms with Gasteiger partial charge in [-0.05, 0) is 35.6 Å². The highest BCUT2D eigenvalue weighted by atomic mass is 35.5. The molecule has 0 bridgehead atoms. The van der Waals surface area contributed by atoms with Crippen LogP contribution in [-0.4, -0.2) is 15.0 Å². The molecular formula is C12H11ClN4. The lowest BCUT2D eigenvalue weighted by molar-refractivity contribution is 0.677. The third-order valence-corrected chi connectivity index (χ3v) is 3.23. The van der Waals surface area contributed by atoms with Crippen LogP contribution in [-0.2, 0) is 12.8 Å². The topological polar surface area (TPSA) is 64.7 Å². The first kappa shape index (κ1) is 10.5. The van der Waals surface area contributed by atoms with E-state index >= 15 is 0 Å². The molecule has 86 valence electrons. The lowest BCUT2D eigenvalue weighted by Gasteiger charge is -2.07. The summed E-state index contributed by atoms with van der Waals surface area (Å²) >= 11 is 5.80. The molecule has 1 aromatic carbocycles. The number of nitrogens with zero attached hydrogens (tertiary/aromatic N) is 3. The highest BCUT2D eigenvalue weighted by Crippen LogP contribution is 2.32. The van der Waals surface area contributed by atoms with Crippen LogP contribution in [0.5, 0.6) is 0 Å². The molecule has 2 aromatic rings. The smallest absolute Gasteiger partial charge is 0.227 e. The molecule has 1 aliphatic rings. The van der Waals surface area contributed by atoms with Crippen LogP contribution >= 0.6 is 11.6 Å². The van der Waals surface area contributed by atoms with E-state index in [9.17, 15) is 0 Å². The minimum absolute atomic E-state index is 0.170. The van der Waals surface area contributed by atoms with Crippen molar-refractivity contribution in [3.8, 4) is 0 Å². The number of fused-ring (bicyclic) bond motifs is 1. The summed E-state index contributed by atoms with van der Waals surface area (Å²) in [7, 11) is 0. The van der Waals surface area contributed by atoms with Gasteiger partial charge in [-0.1, -0.05) is 24.3 Å². The third-order valence-electron chi connectivity index (χ3n) is 3.06. The molecule has 5 heteroatoms. The summed E-state index contributed by atoms with van der Waals surface area (Å²) in [5, 5.41) is 0.170. The molecule has 0 saturated carbocycles. The van der Waals surface area contributed by atoms with Gasteiger partial charge in [0.05, 0.1) is 0 Å². The summed E-state index contributed by atoms with van der Waals surface area (Å²) in [6, 6.07) is 8.38. The Balaban J connectivity index is 1.93. The zero-order valence-electron chi connectivity index (χ0n) is 9.10. The molecule has 0 fully saturated rings. The third kappa shape index (κ3) is 1.96. The first-order valence-electron chi connectivity index (χ1n) is 5.46. The van der Waals surface area contributed by atoms with Crippen molar-refractivity contribution >= 4 is 17.5 Å². The summed E-state index contributed by atoms with van der Waals surface area (Å²) in [4.78, 5) is 12.1. The van der Waals surface area contributed by atoms with Gasteiger partial charge < -0.3 is 5.73 Å². The summed E-state index contributed by atoms with van der Waals surface area (Å²) in [5.41, 5.74) is 8.29. The molecule has 0 radical (unpaired) electrons. The molecule has 1 aliphatic carbocycles. The maximum absolute atomic E-state index is 5.80. The van der Waals surface area contributed by atoms with E-state index in [1.54, 1.807) is 0 Å². The lowest BCUT2D eigenvalue weighted by Crippen LogP contribution is -2.08. The highest BCUT2D eigenvalue weighted by molar-refractivity contribution is 6.28. The van der Waals surface area contributed by atoms with Gasteiger partial charge in [0.15, 0.2) is 0 Å². The Hall–Kier alpha value is -1.68. The minimum atomic E-state index is 0.170. The average Bonchev–Trinajstić information content (AvgIpc) is 2.71. The van der Waals surface area contributed by atoms with Gasteiger partial charge in [-0.25, -0.2) is 4.98 Å². The summed E-state index contributed by atoms with van der Waals surface area (Å²) in [6.45, 7) is 0. The van der Waals surface area contributed by atoms with Crippen molar-refractivity contribution < 1.29 is 0 Å². The molecule has 0 spiro atoms. The van der Waals surface area contributed by atoms with E-state index in [4.69, 9.17) is 17.3 Å². The maximum Gasteiger partial charge on any atom is 0.227 e. The van der Waals surface area contributed by atoms with E-state index in [-0.39, 0.29) is 17.1 Å². The monoisotopic (exact) mass is 246 g/mol. The van der Waals surface area contributed by atoms with Crippen molar-refractivity contribution in [2.75, 3.05) is 5.73 Å². The summed E-state index contributed by atoms with van der Waals surface area (Å²) in [6.07, 6.45) is 1.88. The van der Waals surface area contributed by atoms with Gasteiger partial charge in [0.2, 0.25) is 11.2 Å². The molecule has 0 atom stereocenters. The van der Waals surface area contributed by atoms with Gasteiger partial charge in [-0.3, -0.25) is 0 Å². The fraction of sp³-hybridized carbons (Fsp3) is 0.250. The first-order chi connectivity index (χ1) is 8.22. The Bertz CT molecular complexity index is 525. The molecule has 17 heavy (non-hydrogen) atoms. The highest BCUT2D eigenvalue weighted by Gasteiger charge is 2.25. The fourth-order valence-electron chi connectivity index (χ4n) is 2.31. The van der Waals surface area contributed by atoms with Crippen molar-refractivity contribution in [2.45, 2.75) is 18.8 Å². The van der Waals surface area contributed by atoms with E-state index in [1.165, 1.54) is 11.1 Å². The average molecular weight is 247 g/mol. The Morgan fingerprint density at radius 3 is 2.29 bits per heavy atom. The summed E-state index contributed by atoms with van der Waals surface area (Å²) in [5.74, 6) is 1.14. The molecule has 0 saturated heterocycles. The van der Waals surface area contributed by atoms with E-state index < -0.39 is 0 Å². The van der Waals surface area contributed by atoms with Crippen LogP contribution < -0.4 is 5.73 Å². The Kier molecular flexibility index (Phi) is 2.44. The van der Waals surface area contributed by atoms with Crippen molar-refractivity contribution in [1.82, 2.24) is 15.0 Å². The predicted molar refractivity (Wildman–Crippen MR) is 65.8 cm³/mol. The van der Waals surface area contributed by atoms with Gasteiger partial charge in [-0.2, -0.15) is 9.97 Å². The van der Waals surface area contributed by atoms with Crippen LogP contribution in [0.15, 0.2) is 24.3 Å². The number of halogens is 1. The molecule has 0 unspecified atom stereocenters. The molecule has 1 aromatic heterocycles. The Morgan fingerprint density at radius 2 is 1.71 bits per heavy atom. The van der Waals surface area contributed by atoms with Gasteiger partial charge in [0.25, 0.3) is 0 Å². The quantitative estimate of drug-likeness (QED) is 0.836. The van der Waals surface area contributed by atoms with Crippen molar-refractivity contribution in [3.63, 3.8) is 0 Å². The number of benzene rings is 1. The first-order valence-corrected chi connectivity index (χ1v) is 5.84. The number of anilines is 1. The SMILES string of the molecule is Nc1nc(Cl)nc(C2Cc3ccccc3C2)n1. The largest absolute Gasteiger partial charge is 0.368 e. The summed E-state index contributed by atoms with van der Waals surface area (Å²) < 4.78 is 0. The molecule has 0 aliphatic heterocycles. The van der Waals surface area contributed by atoms with Crippen molar-refractivity contribution in [2.24, 2.45) is 0 Å². The second kappa shape index (κ2) is 3.96. The number of hydrogen-bond acceptors (Lipinski definition) is 4.